The van der Waals surface area contributed by atoms with Crippen molar-refractivity contribution in [3.63, 3.8) is 0 Å². The van der Waals surface area contributed by atoms with Crippen molar-refractivity contribution in [2.45, 2.75) is 26.3 Å². The van der Waals surface area contributed by atoms with E-state index in [0.29, 0.717) is 6.54 Å². The second-order valence-electron chi connectivity index (χ2n) is 6.92. The van der Waals surface area contributed by atoms with E-state index in [1.54, 1.807) is 0 Å². The van der Waals surface area contributed by atoms with Gasteiger partial charge in [0.15, 0.2) is 0 Å². The van der Waals surface area contributed by atoms with E-state index in [9.17, 15) is 4.79 Å². The molecule has 140 valence electrons. The Labute approximate surface area is 155 Å². The van der Waals surface area contributed by atoms with Gasteiger partial charge < -0.3 is 9.84 Å². The topological polar surface area (TPSA) is 61.6 Å². The smallest absolute Gasteiger partial charge is 0.234 e. The number of nitrogens with zero attached hydrogens (tertiary/aromatic N) is 3. The number of aromatic nitrogens is 1. The summed E-state index contributed by atoms with van der Waals surface area (Å²) < 4.78 is 5.11. The lowest BCUT2D eigenvalue weighted by Gasteiger charge is -2.33. The summed E-state index contributed by atoms with van der Waals surface area (Å²) in [6, 6.07) is 12.4. The standard InChI is InChI=1S/C20H28N4O2/c1-17-14-19(22-26-17)15-23-10-12-24(13-11-23)16-20(25)21-9-5-8-18-6-3-2-4-7-18/h2-4,6-7,14H,5,8-13,15-16H2,1H3,(H,21,25). The number of benzene rings is 1. The molecule has 6 nitrogen and oxygen atoms in total. The van der Waals surface area contributed by atoms with Gasteiger partial charge in [-0.2, -0.15) is 0 Å². The molecule has 0 unspecified atom stereocenters. The van der Waals surface area contributed by atoms with Crippen LogP contribution in [0.4, 0.5) is 0 Å². The Morgan fingerprint density at radius 2 is 1.88 bits per heavy atom. The van der Waals surface area contributed by atoms with Crippen LogP contribution in [-0.4, -0.2) is 60.1 Å². The van der Waals surface area contributed by atoms with Crippen LogP contribution in [0.1, 0.15) is 23.4 Å². The summed E-state index contributed by atoms with van der Waals surface area (Å²) in [4.78, 5) is 16.7. The van der Waals surface area contributed by atoms with E-state index in [2.05, 4.69) is 44.5 Å². The molecule has 6 heteroatoms. The molecule has 1 amide bonds. The van der Waals surface area contributed by atoms with Gasteiger partial charge in [0, 0.05) is 45.3 Å². The first kappa shape index (κ1) is 18.6. The highest BCUT2D eigenvalue weighted by Crippen LogP contribution is 2.09. The molecular formula is C20H28N4O2. The maximum atomic E-state index is 12.1. The predicted molar refractivity (Wildman–Crippen MR) is 101 cm³/mol. The summed E-state index contributed by atoms with van der Waals surface area (Å²) in [6.45, 7) is 7.67. The second kappa shape index (κ2) is 9.50. The molecule has 2 heterocycles. The Kier molecular flexibility index (Phi) is 6.80. The third-order valence-electron chi connectivity index (χ3n) is 4.70. The van der Waals surface area contributed by atoms with Crippen LogP contribution in [0.3, 0.4) is 0 Å². The summed E-state index contributed by atoms with van der Waals surface area (Å²) in [7, 11) is 0. The number of nitrogens with one attached hydrogen (secondary N) is 1. The monoisotopic (exact) mass is 356 g/mol. The molecule has 1 N–H and O–H groups in total. The van der Waals surface area contributed by atoms with Gasteiger partial charge in [0.1, 0.15) is 5.76 Å². The summed E-state index contributed by atoms with van der Waals surface area (Å²) in [6.07, 6.45) is 1.97. The van der Waals surface area contributed by atoms with Crippen molar-refractivity contribution in [2.24, 2.45) is 0 Å². The summed E-state index contributed by atoms with van der Waals surface area (Å²) in [5.41, 5.74) is 2.30. The zero-order valence-corrected chi connectivity index (χ0v) is 15.5. The van der Waals surface area contributed by atoms with Crippen molar-refractivity contribution in [1.82, 2.24) is 20.3 Å². The first-order chi connectivity index (χ1) is 12.7. The quantitative estimate of drug-likeness (QED) is 0.732. The number of rotatable bonds is 8. The van der Waals surface area contributed by atoms with E-state index in [1.807, 2.05) is 19.1 Å². The molecule has 2 aromatic rings. The summed E-state index contributed by atoms with van der Waals surface area (Å²) >= 11 is 0. The van der Waals surface area contributed by atoms with E-state index in [0.717, 1.165) is 63.6 Å². The molecule has 26 heavy (non-hydrogen) atoms. The zero-order chi connectivity index (χ0) is 18.2. The highest BCUT2D eigenvalue weighted by Gasteiger charge is 2.19. The Balaban J connectivity index is 1.28. The highest BCUT2D eigenvalue weighted by atomic mass is 16.5. The van der Waals surface area contributed by atoms with E-state index in [4.69, 9.17) is 4.52 Å². The van der Waals surface area contributed by atoms with Crippen LogP contribution < -0.4 is 5.32 Å². The number of hydrogen-bond donors (Lipinski definition) is 1. The lowest BCUT2D eigenvalue weighted by molar-refractivity contribution is -0.122. The molecule has 0 bridgehead atoms. The average Bonchev–Trinajstić information content (AvgIpc) is 3.06. The molecule has 3 rings (SSSR count). The molecule has 1 aliphatic rings. The molecule has 1 aromatic carbocycles. The maximum Gasteiger partial charge on any atom is 0.234 e. The molecule has 0 aliphatic carbocycles. The lowest BCUT2D eigenvalue weighted by Crippen LogP contribution is -2.49. The first-order valence-electron chi connectivity index (χ1n) is 9.36. The van der Waals surface area contributed by atoms with E-state index >= 15 is 0 Å². The van der Waals surface area contributed by atoms with E-state index in [1.165, 1.54) is 5.56 Å². The van der Waals surface area contributed by atoms with Gasteiger partial charge in [-0.05, 0) is 25.3 Å². The van der Waals surface area contributed by atoms with Crippen LogP contribution >= 0.6 is 0 Å². The van der Waals surface area contributed by atoms with E-state index in [-0.39, 0.29) is 5.91 Å². The fourth-order valence-corrected chi connectivity index (χ4v) is 3.25. The van der Waals surface area contributed by atoms with Gasteiger partial charge in [-0.15, -0.1) is 0 Å². The molecule has 1 aliphatic heterocycles. The Bertz CT molecular complexity index is 678. The van der Waals surface area contributed by atoms with Crippen LogP contribution in [0, 0.1) is 6.92 Å². The number of aryl methyl sites for hydroxylation is 2. The third-order valence-corrected chi connectivity index (χ3v) is 4.70. The Hall–Kier alpha value is -2.18. The zero-order valence-electron chi connectivity index (χ0n) is 15.5. The van der Waals surface area contributed by atoms with Gasteiger partial charge in [0.05, 0.1) is 12.2 Å². The number of amides is 1. The molecule has 0 saturated carbocycles. The van der Waals surface area contributed by atoms with Crippen molar-refractivity contribution in [3.8, 4) is 0 Å². The average molecular weight is 356 g/mol. The second-order valence-corrected chi connectivity index (χ2v) is 6.92. The molecular weight excluding hydrogens is 328 g/mol. The number of carbonyl (C=O) groups excluding carboxylic acids is 1. The first-order valence-corrected chi connectivity index (χ1v) is 9.36. The maximum absolute atomic E-state index is 12.1. The van der Waals surface area contributed by atoms with Crippen LogP contribution in [0.15, 0.2) is 40.9 Å². The summed E-state index contributed by atoms with van der Waals surface area (Å²) in [5, 5.41) is 7.08. The van der Waals surface area contributed by atoms with Crippen molar-refractivity contribution in [2.75, 3.05) is 39.3 Å². The molecule has 0 radical (unpaired) electrons. The number of piperazine rings is 1. The number of hydrogen-bond acceptors (Lipinski definition) is 5. The van der Waals surface area contributed by atoms with Gasteiger partial charge in [-0.3, -0.25) is 14.6 Å². The largest absolute Gasteiger partial charge is 0.361 e. The normalized spacial score (nSPS) is 15.9. The minimum absolute atomic E-state index is 0.124. The molecule has 1 saturated heterocycles. The Morgan fingerprint density at radius 3 is 2.58 bits per heavy atom. The minimum Gasteiger partial charge on any atom is -0.361 e. The fourth-order valence-electron chi connectivity index (χ4n) is 3.25. The lowest BCUT2D eigenvalue weighted by atomic mass is 10.1. The van der Waals surface area contributed by atoms with Crippen LogP contribution in [0.25, 0.3) is 0 Å². The van der Waals surface area contributed by atoms with Crippen molar-refractivity contribution in [3.05, 3.63) is 53.4 Å². The summed E-state index contributed by atoms with van der Waals surface area (Å²) in [5.74, 6) is 0.973. The number of carbonyl (C=O) groups is 1. The van der Waals surface area contributed by atoms with Crippen molar-refractivity contribution < 1.29 is 9.32 Å². The van der Waals surface area contributed by atoms with Gasteiger partial charge in [0.25, 0.3) is 0 Å². The van der Waals surface area contributed by atoms with Gasteiger partial charge in [-0.25, -0.2) is 0 Å². The molecule has 1 fully saturated rings. The third kappa shape index (κ3) is 5.97. The molecule has 1 aromatic heterocycles. The predicted octanol–water partition coefficient (Wildman–Crippen LogP) is 1.85. The van der Waals surface area contributed by atoms with Crippen molar-refractivity contribution in [1.29, 1.82) is 0 Å². The minimum atomic E-state index is 0.124. The van der Waals surface area contributed by atoms with Gasteiger partial charge in [0.2, 0.25) is 5.91 Å². The van der Waals surface area contributed by atoms with Crippen LogP contribution in [0.2, 0.25) is 0 Å². The van der Waals surface area contributed by atoms with Crippen LogP contribution in [-0.2, 0) is 17.8 Å². The SMILES string of the molecule is Cc1cc(CN2CCN(CC(=O)NCCCc3ccccc3)CC2)no1. The van der Waals surface area contributed by atoms with Crippen molar-refractivity contribution >= 4 is 5.91 Å². The Morgan fingerprint density at radius 1 is 1.15 bits per heavy atom. The van der Waals surface area contributed by atoms with E-state index < -0.39 is 0 Å². The van der Waals surface area contributed by atoms with Crippen LogP contribution in [0.5, 0.6) is 0 Å². The highest BCUT2D eigenvalue weighted by molar-refractivity contribution is 5.77. The fraction of sp³-hybridized carbons (Fsp3) is 0.500. The van der Waals surface area contributed by atoms with Gasteiger partial charge >= 0.3 is 0 Å². The van der Waals surface area contributed by atoms with Gasteiger partial charge in [-0.1, -0.05) is 35.5 Å². The molecule has 0 atom stereocenters. The molecule has 0 spiro atoms.